The number of halogens is 1. The number of carbonyl (C=O) groups is 1. The Balaban J connectivity index is 2.76. The fourth-order valence-electron chi connectivity index (χ4n) is 1.23. The number of carboxylic acid groups (broad SMARTS) is 1. The summed E-state index contributed by atoms with van der Waals surface area (Å²) in [4.78, 5) is 10.8. The van der Waals surface area contributed by atoms with Crippen molar-refractivity contribution in [2.24, 2.45) is 5.92 Å². The van der Waals surface area contributed by atoms with Gasteiger partial charge in [0.25, 0.3) is 0 Å². The summed E-state index contributed by atoms with van der Waals surface area (Å²) in [7, 11) is 0. The van der Waals surface area contributed by atoms with Crippen LogP contribution in [-0.2, 0) is 5.75 Å². The highest BCUT2D eigenvalue weighted by molar-refractivity contribution is 7.99. The molecule has 1 aromatic carbocycles. The molecule has 94 valence electrons. The molecule has 1 aromatic rings. The van der Waals surface area contributed by atoms with Crippen LogP contribution in [0.25, 0.3) is 0 Å². The molecule has 17 heavy (non-hydrogen) atoms. The lowest BCUT2D eigenvalue weighted by Crippen LogP contribution is -2.06. The predicted molar refractivity (Wildman–Crippen MR) is 69.0 cm³/mol. The number of rotatable bonds is 5. The van der Waals surface area contributed by atoms with Gasteiger partial charge in [-0.3, -0.25) is 0 Å². The average molecular weight is 256 g/mol. The highest BCUT2D eigenvalue weighted by atomic mass is 32.2. The lowest BCUT2D eigenvalue weighted by molar-refractivity contribution is 0.0696. The highest BCUT2D eigenvalue weighted by Crippen LogP contribution is 2.25. The van der Waals surface area contributed by atoms with E-state index in [-0.39, 0.29) is 11.4 Å². The van der Waals surface area contributed by atoms with Crippen LogP contribution in [0.5, 0.6) is 0 Å². The minimum Gasteiger partial charge on any atom is -0.478 e. The first-order chi connectivity index (χ1) is 7.91. The van der Waals surface area contributed by atoms with Crippen LogP contribution < -0.4 is 0 Å². The summed E-state index contributed by atoms with van der Waals surface area (Å²) in [6.45, 7) is 6.32. The van der Waals surface area contributed by atoms with Crippen LogP contribution in [0.4, 0.5) is 4.39 Å². The first kappa shape index (κ1) is 14.0. The third kappa shape index (κ3) is 4.04. The van der Waals surface area contributed by atoms with Crippen molar-refractivity contribution >= 4 is 17.7 Å². The number of thioether (sulfide) groups is 1. The molecule has 0 aliphatic carbocycles. The topological polar surface area (TPSA) is 37.3 Å². The summed E-state index contributed by atoms with van der Waals surface area (Å²) in [5.41, 5.74) is 0.599. The Morgan fingerprint density at radius 1 is 1.41 bits per heavy atom. The molecule has 0 aliphatic rings. The molecule has 0 amide bonds. The average Bonchev–Trinajstić information content (AvgIpc) is 2.26. The maximum atomic E-state index is 13.5. The van der Waals surface area contributed by atoms with Crippen molar-refractivity contribution < 1.29 is 14.3 Å². The van der Waals surface area contributed by atoms with Crippen LogP contribution in [0.2, 0.25) is 0 Å². The maximum Gasteiger partial charge on any atom is 0.335 e. The molecule has 1 rings (SSSR count). The van der Waals surface area contributed by atoms with E-state index < -0.39 is 5.97 Å². The zero-order chi connectivity index (χ0) is 13.0. The Morgan fingerprint density at radius 3 is 2.59 bits per heavy atom. The van der Waals surface area contributed by atoms with E-state index in [1.54, 1.807) is 11.8 Å². The van der Waals surface area contributed by atoms with E-state index >= 15 is 0 Å². The van der Waals surface area contributed by atoms with Crippen molar-refractivity contribution in [1.82, 2.24) is 0 Å². The van der Waals surface area contributed by atoms with E-state index in [0.29, 0.717) is 22.5 Å². The van der Waals surface area contributed by atoms with E-state index in [4.69, 9.17) is 5.11 Å². The standard InChI is InChI=1S/C13H17FO2S/c1-8(2)9(3)17-7-11-6-10(13(15)16)4-5-12(11)14/h4-6,8-9H,7H2,1-3H3,(H,15,16). The number of hydrogen-bond acceptors (Lipinski definition) is 2. The second-order valence-electron chi connectivity index (χ2n) is 4.37. The number of benzene rings is 1. The van der Waals surface area contributed by atoms with Gasteiger partial charge in [0.05, 0.1) is 5.56 Å². The van der Waals surface area contributed by atoms with Gasteiger partial charge in [-0.25, -0.2) is 9.18 Å². The zero-order valence-electron chi connectivity index (χ0n) is 10.2. The van der Waals surface area contributed by atoms with Crippen molar-refractivity contribution in [1.29, 1.82) is 0 Å². The van der Waals surface area contributed by atoms with E-state index in [2.05, 4.69) is 20.8 Å². The minimum atomic E-state index is -1.02. The third-order valence-corrected chi connectivity index (χ3v) is 4.28. The monoisotopic (exact) mass is 256 g/mol. The van der Waals surface area contributed by atoms with Gasteiger partial charge in [-0.15, -0.1) is 0 Å². The molecule has 0 saturated heterocycles. The molecule has 0 bridgehead atoms. The molecule has 4 heteroatoms. The highest BCUT2D eigenvalue weighted by Gasteiger charge is 2.12. The van der Waals surface area contributed by atoms with Gasteiger partial charge in [0.15, 0.2) is 0 Å². The normalized spacial score (nSPS) is 12.8. The Bertz CT molecular complexity index is 404. The second kappa shape index (κ2) is 6.05. The molecule has 1 N–H and O–H groups in total. The lowest BCUT2D eigenvalue weighted by Gasteiger charge is -2.15. The molecule has 0 aliphatic heterocycles. The van der Waals surface area contributed by atoms with Gasteiger partial charge in [0.2, 0.25) is 0 Å². The van der Waals surface area contributed by atoms with Crippen LogP contribution >= 0.6 is 11.8 Å². The summed E-state index contributed by atoms with van der Waals surface area (Å²) in [6, 6.07) is 3.93. The largest absolute Gasteiger partial charge is 0.478 e. The van der Waals surface area contributed by atoms with Gasteiger partial charge >= 0.3 is 5.97 Å². The smallest absolute Gasteiger partial charge is 0.335 e. The van der Waals surface area contributed by atoms with Crippen LogP contribution in [0.3, 0.4) is 0 Å². The Hall–Kier alpha value is -1.03. The van der Waals surface area contributed by atoms with E-state index in [9.17, 15) is 9.18 Å². The lowest BCUT2D eigenvalue weighted by atomic mass is 10.1. The summed E-state index contributed by atoms with van der Waals surface area (Å²) in [5.74, 6) is -0.330. The van der Waals surface area contributed by atoms with Crippen molar-refractivity contribution in [3.8, 4) is 0 Å². The van der Waals surface area contributed by atoms with E-state index in [1.165, 1.54) is 18.2 Å². The van der Waals surface area contributed by atoms with Crippen LogP contribution in [0, 0.1) is 11.7 Å². The molecule has 2 nitrogen and oxygen atoms in total. The summed E-state index contributed by atoms with van der Waals surface area (Å²) >= 11 is 1.64. The summed E-state index contributed by atoms with van der Waals surface area (Å²) in [6.07, 6.45) is 0. The van der Waals surface area contributed by atoms with Gasteiger partial charge in [-0.2, -0.15) is 11.8 Å². The van der Waals surface area contributed by atoms with Crippen molar-refractivity contribution in [3.63, 3.8) is 0 Å². The van der Waals surface area contributed by atoms with Crippen LogP contribution in [0.15, 0.2) is 18.2 Å². The van der Waals surface area contributed by atoms with Crippen LogP contribution in [0.1, 0.15) is 36.7 Å². The summed E-state index contributed by atoms with van der Waals surface area (Å²) < 4.78 is 13.5. The summed E-state index contributed by atoms with van der Waals surface area (Å²) in [5, 5.41) is 9.26. The number of aromatic carboxylic acids is 1. The third-order valence-electron chi connectivity index (χ3n) is 2.73. The Labute approximate surface area is 105 Å². The van der Waals surface area contributed by atoms with Crippen molar-refractivity contribution in [2.45, 2.75) is 31.8 Å². The number of carboxylic acids is 1. The zero-order valence-corrected chi connectivity index (χ0v) is 11.1. The fraction of sp³-hybridized carbons (Fsp3) is 0.462. The number of hydrogen-bond donors (Lipinski definition) is 1. The second-order valence-corrected chi connectivity index (χ2v) is 5.74. The molecule has 1 atom stereocenters. The molecular weight excluding hydrogens is 239 g/mol. The molecule has 0 spiro atoms. The van der Waals surface area contributed by atoms with Gasteiger partial charge in [-0.1, -0.05) is 20.8 Å². The minimum absolute atomic E-state index is 0.138. The van der Waals surface area contributed by atoms with Crippen LogP contribution in [-0.4, -0.2) is 16.3 Å². The predicted octanol–water partition coefficient (Wildman–Crippen LogP) is 3.80. The molecule has 0 fully saturated rings. The van der Waals surface area contributed by atoms with Gasteiger partial charge < -0.3 is 5.11 Å². The van der Waals surface area contributed by atoms with E-state index in [1.807, 2.05) is 0 Å². The Kier molecular flexibility index (Phi) is 5.00. The quantitative estimate of drug-likeness (QED) is 0.870. The molecule has 0 radical (unpaired) electrons. The first-order valence-corrected chi connectivity index (χ1v) is 6.60. The van der Waals surface area contributed by atoms with Gasteiger partial charge in [0, 0.05) is 11.0 Å². The first-order valence-electron chi connectivity index (χ1n) is 5.55. The maximum absolute atomic E-state index is 13.5. The van der Waals surface area contributed by atoms with E-state index in [0.717, 1.165) is 0 Å². The van der Waals surface area contributed by atoms with Gasteiger partial charge in [-0.05, 0) is 29.7 Å². The molecule has 0 heterocycles. The molecule has 0 aromatic heterocycles. The Morgan fingerprint density at radius 2 is 2.06 bits per heavy atom. The van der Waals surface area contributed by atoms with Crippen molar-refractivity contribution in [3.05, 3.63) is 35.1 Å². The van der Waals surface area contributed by atoms with Gasteiger partial charge in [0.1, 0.15) is 5.82 Å². The SMILES string of the molecule is CC(C)C(C)SCc1cc(C(=O)O)ccc1F. The van der Waals surface area contributed by atoms with Crippen molar-refractivity contribution in [2.75, 3.05) is 0 Å². The molecular formula is C13H17FO2S. The molecule has 1 unspecified atom stereocenters. The molecule has 0 saturated carbocycles. The fourth-order valence-corrected chi connectivity index (χ4v) is 2.28.